The number of anilines is 1. The van der Waals surface area contributed by atoms with E-state index in [1.807, 2.05) is 6.07 Å². The normalized spacial score (nSPS) is 14.3. The van der Waals surface area contributed by atoms with Crippen molar-refractivity contribution in [3.8, 4) is 28.3 Å². The monoisotopic (exact) mass is 564 g/mol. The molecule has 0 unspecified atom stereocenters. The summed E-state index contributed by atoms with van der Waals surface area (Å²) in [5.74, 6) is 0.00460. The number of carbonyl (C=O) groups excluding carboxylic acids is 3. The summed E-state index contributed by atoms with van der Waals surface area (Å²) in [7, 11) is 1.60. The van der Waals surface area contributed by atoms with Crippen molar-refractivity contribution >= 4 is 23.4 Å². The summed E-state index contributed by atoms with van der Waals surface area (Å²) in [6.07, 6.45) is 0. The van der Waals surface area contributed by atoms with Crippen LogP contribution in [0.1, 0.15) is 15.9 Å². The number of hydrogen-bond donors (Lipinski definition) is 4. The Morgan fingerprint density at radius 1 is 1.05 bits per heavy atom. The molecule has 2 aliphatic rings. The number of ether oxygens (including phenoxy) is 4. The Bertz CT molecular complexity index is 1390. The predicted octanol–water partition coefficient (Wildman–Crippen LogP) is 1.81. The van der Waals surface area contributed by atoms with Crippen molar-refractivity contribution in [1.82, 2.24) is 25.9 Å². The lowest BCUT2D eigenvalue weighted by molar-refractivity contribution is -0.123. The van der Waals surface area contributed by atoms with E-state index in [2.05, 4.69) is 26.3 Å². The van der Waals surface area contributed by atoms with Crippen LogP contribution in [0.2, 0.25) is 0 Å². The number of hydrazine groups is 1. The molecule has 0 spiro atoms. The van der Waals surface area contributed by atoms with Gasteiger partial charge in [0, 0.05) is 37.9 Å². The summed E-state index contributed by atoms with van der Waals surface area (Å²) < 4.78 is 21.1. The van der Waals surface area contributed by atoms with Gasteiger partial charge in [0.1, 0.15) is 11.4 Å². The van der Waals surface area contributed by atoms with Gasteiger partial charge in [0.25, 0.3) is 5.91 Å². The third kappa shape index (κ3) is 6.72. The Morgan fingerprint density at radius 2 is 1.85 bits per heavy atom. The molecule has 13 nitrogen and oxygen atoms in total. The second-order valence-corrected chi connectivity index (χ2v) is 9.31. The first-order chi connectivity index (χ1) is 20.0. The average Bonchev–Trinajstić information content (AvgIpc) is 3.54. The van der Waals surface area contributed by atoms with E-state index in [1.165, 1.54) is 0 Å². The molecule has 2 heterocycles. The number of nitrogens with one attached hydrogen (secondary N) is 4. The molecule has 216 valence electrons. The average molecular weight is 565 g/mol. The number of fused-ring (bicyclic) bond motifs is 3. The van der Waals surface area contributed by atoms with Crippen LogP contribution in [0.4, 0.5) is 10.5 Å². The molecule has 1 aliphatic heterocycles. The zero-order valence-corrected chi connectivity index (χ0v) is 22.7. The predicted molar refractivity (Wildman–Crippen MR) is 149 cm³/mol. The van der Waals surface area contributed by atoms with Gasteiger partial charge in [-0.25, -0.2) is 9.80 Å². The van der Waals surface area contributed by atoms with Gasteiger partial charge in [-0.3, -0.25) is 20.1 Å². The van der Waals surface area contributed by atoms with E-state index in [0.717, 1.165) is 0 Å². The second-order valence-electron chi connectivity index (χ2n) is 9.31. The van der Waals surface area contributed by atoms with E-state index >= 15 is 0 Å². The van der Waals surface area contributed by atoms with Crippen LogP contribution in [-0.4, -0.2) is 99.3 Å². The highest BCUT2D eigenvalue weighted by atomic mass is 16.5. The molecule has 41 heavy (non-hydrogen) atoms. The summed E-state index contributed by atoms with van der Waals surface area (Å²) in [6, 6.07) is 11.9. The Balaban J connectivity index is 1.20. The van der Waals surface area contributed by atoms with Gasteiger partial charge in [-0.2, -0.15) is 5.10 Å². The lowest BCUT2D eigenvalue weighted by atomic mass is 10.0. The van der Waals surface area contributed by atoms with Crippen LogP contribution in [-0.2, 0) is 19.0 Å². The zero-order valence-electron chi connectivity index (χ0n) is 22.7. The first-order valence-corrected chi connectivity index (χ1v) is 13.3. The topological polar surface area (TPSA) is 156 Å². The number of amides is 3. The van der Waals surface area contributed by atoms with Crippen molar-refractivity contribution in [2.75, 3.05) is 71.7 Å². The Kier molecular flexibility index (Phi) is 9.21. The number of aromatic nitrogens is 2. The zero-order chi connectivity index (χ0) is 28.6. The minimum absolute atomic E-state index is 0.141. The fraction of sp³-hybridized carbons (Fsp3) is 0.357. The number of nitrogens with zero attached hydrogens (tertiary/aromatic N) is 2. The maximum absolute atomic E-state index is 13.6. The lowest BCUT2D eigenvalue weighted by Gasteiger charge is -2.27. The van der Waals surface area contributed by atoms with Crippen LogP contribution in [0.15, 0.2) is 42.5 Å². The van der Waals surface area contributed by atoms with Crippen molar-refractivity contribution < 1.29 is 33.3 Å². The maximum Gasteiger partial charge on any atom is 0.333 e. The van der Waals surface area contributed by atoms with Gasteiger partial charge in [0.15, 0.2) is 12.4 Å². The van der Waals surface area contributed by atoms with E-state index in [9.17, 15) is 14.4 Å². The minimum Gasteiger partial charge on any atom is -0.484 e. The quantitative estimate of drug-likeness (QED) is 0.189. The standard InChI is InChI=1S/C28H32N6O7/c1-38-15-16-39-12-9-29-22(35)17-41-19-7-5-18(6-8-19)25-24-26(32-31-25)20-3-2-4-21(23(20)27(24)36)30-28(37)33-34-10-13-40-14-11-34/h2-8H,9-17H2,1H3,(H,29,35)(H,31,32)(H2,30,33,37). The molecular formula is C28H32N6O7. The molecule has 4 N–H and O–H groups in total. The fourth-order valence-corrected chi connectivity index (χ4v) is 4.59. The molecule has 2 aromatic carbocycles. The molecule has 3 amide bonds. The van der Waals surface area contributed by atoms with Gasteiger partial charge in [0.2, 0.25) is 0 Å². The van der Waals surface area contributed by atoms with Gasteiger partial charge < -0.3 is 29.6 Å². The van der Waals surface area contributed by atoms with Crippen LogP contribution < -0.4 is 20.8 Å². The largest absolute Gasteiger partial charge is 0.484 e. The highest BCUT2D eigenvalue weighted by Gasteiger charge is 2.35. The highest BCUT2D eigenvalue weighted by molar-refractivity contribution is 6.26. The van der Waals surface area contributed by atoms with Crippen LogP contribution in [0.3, 0.4) is 0 Å². The van der Waals surface area contributed by atoms with Crippen LogP contribution in [0, 0.1) is 0 Å². The smallest absolute Gasteiger partial charge is 0.333 e. The summed E-state index contributed by atoms with van der Waals surface area (Å²) in [5.41, 5.74) is 6.51. The fourth-order valence-electron chi connectivity index (χ4n) is 4.59. The van der Waals surface area contributed by atoms with E-state index in [4.69, 9.17) is 18.9 Å². The summed E-state index contributed by atoms with van der Waals surface area (Å²) in [6.45, 7) is 3.84. The highest BCUT2D eigenvalue weighted by Crippen LogP contribution is 2.43. The van der Waals surface area contributed by atoms with Crippen molar-refractivity contribution in [3.63, 3.8) is 0 Å². The van der Waals surface area contributed by atoms with Crippen molar-refractivity contribution in [3.05, 3.63) is 53.6 Å². The minimum atomic E-state index is -0.429. The Hall–Kier alpha value is -4.30. The second kappa shape index (κ2) is 13.4. The molecule has 1 fully saturated rings. The summed E-state index contributed by atoms with van der Waals surface area (Å²) in [5, 5.41) is 14.7. The molecule has 1 aliphatic carbocycles. The lowest BCUT2D eigenvalue weighted by Crippen LogP contribution is -2.49. The van der Waals surface area contributed by atoms with Crippen molar-refractivity contribution in [2.24, 2.45) is 0 Å². The van der Waals surface area contributed by atoms with E-state index < -0.39 is 6.03 Å². The Morgan fingerprint density at radius 3 is 2.63 bits per heavy atom. The molecule has 0 atom stereocenters. The van der Waals surface area contributed by atoms with Crippen LogP contribution in [0.25, 0.3) is 22.5 Å². The van der Waals surface area contributed by atoms with E-state index in [-0.39, 0.29) is 18.3 Å². The Labute approximate surface area is 236 Å². The number of hydrogen-bond acceptors (Lipinski definition) is 9. The molecule has 1 saturated heterocycles. The third-order valence-electron chi connectivity index (χ3n) is 6.57. The summed E-state index contributed by atoms with van der Waals surface area (Å²) >= 11 is 0. The maximum atomic E-state index is 13.6. The first-order valence-electron chi connectivity index (χ1n) is 13.3. The molecule has 5 rings (SSSR count). The number of H-pyrrole nitrogens is 1. The summed E-state index contributed by atoms with van der Waals surface area (Å²) in [4.78, 5) is 38.2. The molecular weight excluding hydrogens is 532 g/mol. The molecule has 0 bridgehead atoms. The van der Waals surface area contributed by atoms with Crippen LogP contribution in [0.5, 0.6) is 5.75 Å². The van der Waals surface area contributed by atoms with Crippen molar-refractivity contribution in [2.45, 2.75) is 0 Å². The van der Waals surface area contributed by atoms with Crippen LogP contribution >= 0.6 is 0 Å². The van der Waals surface area contributed by atoms with Gasteiger partial charge in [-0.05, 0) is 30.3 Å². The number of aromatic amines is 1. The number of carbonyl (C=O) groups is 3. The molecule has 3 aromatic rings. The van der Waals surface area contributed by atoms with Gasteiger partial charge in [-0.15, -0.1) is 0 Å². The molecule has 13 heteroatoms. The molecule has 0 radical (unpaired) electrons. The number of morpholine rings is 1. The SMILES string of the molecule is COCCOCCNC(=O)COc1ccc(-c2n[nH]c3c2C(=O)c2c(NC(=O)NN4CCOCC4)cccc2-3)cc1. The third-order valence-corrected chi connectivity index (χ3v) is 6.57. The van der Waals surface area contributed by atoms with Gasteiger partial charge in [-0.1, -0.05) is 12.1 Å². The van der Waals surface area contributed by atoms with Gasteiger partial charge in [0.05, 0.1) is 55.5 Å². The first kappa shape index (κ1) is 28.2. The number of benzene rings is 2. The van der Waals surface area contributed by atoms with Crippen molar-refractivity contribution in [1.29, 1.82) is 0 Å². The molecule has 1 aromatic heterocycles. The number of methoxy groups -OCH3 is 1. The van der Waals surface area contributed by atoms with Gasteiger partial charge >= 0.3 is 6.03 Å². The number of urea groups is 1. The number of ketones is 1. The molecule has 0 saturated carbocycles. The van der Waals surface area contributed by atoms with E-state index in [0.29, 0.717) is 97.7 Å². The number of rotatable bonds is 12. The van der Waals surface area contributed by atoms with E-state index in [1.54, 1.807) is 48.5 Å².